The molecule has 5 heteroatoms. The van der Waals surface area contributed by atoms with Gasteiger partial charge in [-0.15, -0.1) is 0 Å². The topological polar surface area (TPSA) is 38.0 Å². The van der Waals surface area contributed by atoms with Crippen LogP contribution in [0.1, 0.15) is 17.2 Å². The van der Waals surface area contributed by atoms with E-state index in [1.807, 2.05) is 6.07 Å². The lowest BCUT2D eigenvalue weighted by molar-refractivity contribution is 0.473. The van der Waals surface area contributed by atoms with Crippen LogP contribution in [0.25, 0.3) is 0 Å². The molecular weight excluding hydrogens is 270 g/mol. The number of halogens is 3. The van der Waals surface area contributed by atoms with Crippen molar-refractivity contribution in [2.45, 2.75) is 12.5 Å². The van der Waals surface area contributed by atoms with Crippen molar-refractivity contribution in [3.63, 3.8) is 0 Å². The van der Waals surface area contributed by atoms with E-state index >= 15 is 0 Å². The number of hydrogen-bond donors (Lipinski definition) is 2. The quantitative estimate of drug-likeness (QED) is 0.666. The van der Waals surface area contributed by atoms with Crippen molar-refractivity contribution >= 4 is 11.6 Å². The summed E-state index contributed by atoms with van der Waals surface area (Å²) in [6.07, 6.45) is 0.300. The zero-order valence-corrected chi connectivity index (χ0v) is 10.8. The summed E-state index contributed by atoms with van der Waals surface area (Å²) >= 11 is 6.04. The molecule has 0 fully saturated rings. The normalized spacial score (nSPS) is 12.4. The highest BCUT2D eigenvalue weighted by Gasteiger charge is 2.20. The first-order chi connectivity index (χ1) is 9.13. The van der Waals surface area contributed by atoms with E-state index in [1.165, 1.54) is 18.2 Å². The highest BCUT2D eigenvalue weighted by molar-refractivity contribution is 6.31. The molecule has 3 N–H and O–H groups in total. The van der Waals surface area contributed by atoms with Crippen LogP contribution in [0.2, 0.25) is 5.02 Å². The smallest absolute Gasteiger partial charge is 0.130 e. The minimum absolute atomic E-state index is 0.0788. The lowest BCUT2D eigenvalue weighted by atomic mass is 9.98. The molecule has 0 aliphatic carbocycles. The van der Waals surface area contributed by atoms with Gasteiger partial charge in [0.05, 0.1) is 6.04 Å². The summed E-state index contributed by atoms with van der Waals surface area (Å²) in [5, 5.41) is 0.541. The Morgan fingerprint density at radius 1 is 1.05 bits per heavy atom. The van der Waals surface area contributed by atoms with Crippen molar-refractivity contribution in [3.8, 4) is 0 Å². The van der Waals surface area contributed by atoms with Crippen LogP contribution in [-0.2, 0) is 6.42 Å². The summed E-state index contributed by atoms with van der Waals surface area (Å²) < 4.78 is 27.4. The van der Waals surface area contributed by atoms with Gasteiger partial charge in [-0.3, -0.25) is 11.3 Å². The Morgan fingerprint density at radius 2 is 1.68 bits per heavy atom. The molecule has 0 saturated carbocycles. The summed E-state index contributed by atoms with van der Waals surface area (Å²) in [5.74, 6) is 4.15. The van der Waals surface area contributed by atoms with E-state index in [0.29, 0.717) is 11.4 Å². The predicted octanol–water partition coefficient (Wildman–Crippen LogP) is 3.37. The maximum absolute atomic E-state index is 13.7. The van der Waals surface area contributed by atoms with Gasteiger partial charge in [0.2, 0.25) is 0 Å². The fourth-order valence-corrected chi connectivity index (χ4v) is 2.18. The van der Waals surface area contributed by atoms with E-state index in [1.54, 1.807) is 18.2 Å². The van der Waals surface area contributed by atoms with E-state index in [9.17, 15) is 8.78 Å². The van der Waals surface area contributed by atoms with Crippen molar-refractivity contribution in [3.05, 3.63) is 70.2 Å². The van der Waals surface area contributed by atoms with Gasteiger partial charge < -0.3 is 0 Å². The molecule has 2 nitrogen and oxygen atoms in total. The third-order valence-electron chi connectivity index (χ3n) is 2.93. The first kappa shape index (κ1) is 13.9. The standard InChI is InChI=1S/C14H13ClF2N2/c15-10-5-2-1-4-9(10)8-13(19-18)14-11(16)6-3-7-12(14)17/h1-7,13,19H,8,18H2. The minimum Gasteiger partial charge on any atom is -0.271 e. The fourth-order valence-electron chi connectivity index (χ4n) is 1.97. The molecule has 0 heterocycles. The first-order valence-corrected chi connectivity index (χ1v) is 6.14. The van der Waals surface area contributed by atoms with Gasteiger partial charge in [-0.05, 0) is 30.2 Å². The van der Waals surface area contributed by atoms with Gasteiger partial charge in [-0.1, -0.05) is 35.9 Å². The Labute approximate surface area is 115 Å². The molecule has 0 aliphatic rings. The molecule has 0 radical (unpaired) electrons. The van der Waals surface area contributed by atoms with Crippen LogP contribution in [0.15, 0.2) is 42.5 Å². The molecule has 100 valence electrons. The number of benzene rings is 2. The van der Waals surface area contributed by atoms with E-state index in [4.69, 9.17) is 17.4 Å². The van der Waals surface area contributed by atoms with Gasteiger partial charge in [0.15, 0.2) is 0 Å². The maximum Gasteiger partial charge on any atom is 0.130 e. The third kappa shape index (κ3) is 3.10. The molecule has 1 atom stereocenters. The molecule has 0 aliphatic heterocycles. The number of nitrogens with two attached hydrogens (primary N) is 1. The van der Waals surface area contributed by atoms with Crippen LogP contribution >= 0.6 is 11.6 Å². The van der Waals surface area contributed by atoms with Crippen molar-refractivity contribution < 1.29 is 8.78 Å². The van der Waals surface area contributed by atoms with Crippen molar-refractivity contribution in [1.82, 2.24) is 5.43 Å². The molecule has 0 amide bonds. The predicted molar refractivity (Wildman–Crippen MR) is 71.6 cm³/mol. The van der Waals surface area contributed by atoms with Crippen molar-refractivity contribution in [1.29, 1.82) is 0 Å². The first-order valence-electron chi connectivity index (χ1n) is 5.77. The van der Waals surface area contributed by atoms with Gasteiger partial charge in [-0.2, -0.15) is 0 Å². The fraction of sp³-hybridized carbons (Fsp3) is 0.143. The van der Waals surface area contributed by atoms with Crippen LogP contribution in [0.5, 0.6) is 0 Å². The zero-order chi connectivity index (χ0) is 13.8. The third-order valence-corrected chi connectivity index (χ3v) is 3.30. The summed E-state index contributed by atoms with van der Waals surface area (Å²) in [5.41, 5.74) is 3.13. The largest absolute Gasteiger partial charge is 0.271 e. The zero-order valence-electron chi connectivity index (χ0n) is 10.0. The van der Waals surface area contributed by atoms with Gasteiger partial charge in [0.1, 0.15) is 11.6 Å². The molecule has 0 saturated heterocycles. The molecule has 0 bridgehead atoms. The monoisotopic (exact) mass is 282 g/mol. The van der Waals surface area contributed by atoms with E-state index in [-0.39, 0.29) is 5.56 Å². The van der Waals surface area contributed by atoms with Gasteiger partial charge in [0.25, 0.3) is 0 Å². The van der Waals surface area contributed by atoms with Gasteiger partial charge in [0, 0.05) is 10.6 Å². The van der Waals surface area contributed by atoms with Crippen LogP contribution in [-0.4, -0.2) is 0 Å². The summed E-state index contributed by atoms with van der Waals surface area (Å²) in [6.45, 7) is 0. The number of nitrogens with one attached hydrogen (secondary N) is 1. The number of hydrazine groups is 1. The van der Waals surface area contributed by atoms with Gasteiger partial charge in [-0.25, -0.2) is 8.78 Å². The SMILES string of the molecule is NNC(Cc1ccccc1Cl)c1c(F)cccc1F. The minimum atomic E-state index is -0.680. The van der Waals surface area contributed by atoms with Crippen LogP contribution in [0.3, 0.4) is 0 Å². The summed E-state index contributed by atoms with van der Waals surface area (Å²) in [7, 11) is 0. The number of hydrogen-bond acceptors (Lipinski definition) is 2. The van der Waals surface area contributed by atoms with Crippen molar-refractivity contribution in [2.75, 3.05) is 0 Å². The van der Waals surface area contributed by atoms with Crippen LogP contribution in [0.4, 0.5) is 8.78 Å². The molecule has 2 aromatic rings. The average molecular weight is 283 g/mol. The van der Waals surface area contributed by atoms with E-state index in [0.717, 1.165) is 5.56 Å². The van der Waals surface area contributed by atoms with Crippen LogP contribution in [0, 0.1) is 11.6 Å². The lowest BCUT2D eigenvalue weighted by Crippen LogP contribution is -2.31. The molecule has 2 rings (SSSR count). The summed E-state index contributed by atoms with van der Waals surface area (Å²) in [6, 6.07) is 10.2. The molecule has 19 heavy (non-hydrogen) atoms. The molecule has 0 aromatic heterocycles. The Balaban J connectivity index is 2.34. The molecular formula is C14H13ClF2N2. The van der Waals surface area contributed by atoms with Gasteiger partial charge >= 0.3 is 0 Å². The van der Waals surface area contributed by atoms with E-state index < -0.39 is 17.7 Å². The number of rotatable bonds is 4. The highest BCUT2D eigenvalue weighted by atomic mass is 35.5. The Bertz CT molecular complexity index is 555. The Hall–Kier alpha value is -1.49. The van der Waals surface area contributed by atoms with Crippen molar-refractivity contribution in [2.24, 2.45) is 5.84 Å². The molecule has 1 unspecified atom stereocenters. The lowest BCUT2D eigenvalue weighted by Gasteiger charge is -2.18. The average Bonchev–Trinajstić information content (AvgIpc) is 2.39. The highest BCUT2D eigenvalue weighted by Crippen LogP contribution is 2.26. The van der Waals surface area contributed by atoms with E-state index in [2.05, 4.69) is 5.43 Å². The maximum atomic E-state index is 13.7. The Kier molecular flexibility index (Phi) is 4.47. The molecule has 0 spiro atoms. The second-order valence-electron chi connectivity index (χ2n) is 4.15. The van der Waals surface area contributed by atoms with Crippen LogP contribution < -0.4 is 11.3 Å². The second kappa shape index (κ2) is 6.10. The molecule has 2 aromatic carbocycles. The summed E-state index contributed by atoms with van der Waals surface area (Å²) in [4.78, 5) is 0. The Morgan fingerprint density at radius 3 is 2.26 bits per heavy atom. The second-order valence-corrected chi connectivity index (χ2v) is 4.56.